The zero-order chi connectivity index (χ0) is 30.5. The maximum absolute atomic E-state index is 13.6. The summed E-state index contributed by atoms with van der Waals surface area (Å²) in [5.74, 6) is -2.96. The molecule has 3 saturated heterocycles. The second kappa shape index (κ2) is 11.4. The van der Waals surface area contributed by atoms with Crippen molar-refractivity contribution in [2.75, 3.05) is 49.3 Å². The molecule has 232 valence electrons. The van der Waals surface area contributed by atoms with Crippen LogP contribution in [0.3, 0.4) is 0 Å². The lowest BCUT2D eigenvalue weighted by atomic mass is 9.80. The molecule has 4 heterocycles. The van der Waals surface area contributed by atoms with Gasteiger partial charge in [0.15, 0.2) is 0 Å². The van der Waals surface area contributed by atoms with E-state index in [4.69, 9.17) is 0 Å². The molecule has 2 aromatic rings. The number of hydrogen-bond donors (Lipinski definition) is 1. The van der Waals surface area contributed by atoms with Crippen LogP contribution in [0.2, 0.25) is 0 Å². The number of amides is 2. The minimum Gasteiger partial charge on any atom is -0.349 e. The third-order valence-electron chi connectivity index (χ3n) is 9.36. The van der Waals surface area contributed by atoms with E-state index < -0.39 is 21.9 Å². The van der Waals surface area contributed by atoms with Crippen LogP contribution in [0.4, 0.5) is 14.7 Å². The normalized spacial score (nSPS) is 25.4. The van der Waals surface area contributed by atoms with Crippen molar-refractivity contribution >= 4 is 27.8 Å². The minimum absolute atomic E-state index is 0.0756. The number of aromatic nitrogens is 2. The third kappa shape index (κ3) is 6.11. The second-order valence-electron chi connectivity index (χ2n) is 12.5. The van der Waals surface area contributed by atoms with Gasteiger partial charge in [-0.25, -0.2) is 31.5 Å². The highest BCUT2D eigenvalue weighted by molar-refractivity contribution is 7.93. The van der Waals surface area contributed by atoms with Crippen molar-refractivity contribution in [2.45, 2.75) is 51.5 Å². The fourth-order valence-corrected chi connectivity index (χ4v) is 8.49. The Balaban J connectivity index is 1.05. The summed E-state index contributed by atoms with van der Waals surface area (Å²) >= 11 is 0. The Morgan fingerprint density at radius 2 is 1.65 bits per heavy atom. The first kappa shape index (κ1) is 29.9. The lowest BCUT2D eigenvalue weighted by molar-refractivity contribution is -0.150. The van der Waals surface area contributed by atoms with Crippen molar-refractivity contribution in [2.24, 2.45) is 17.8 Å². The number of nitrogens with zero attached hydrogens (tertiary/aromatic N) is 5. The Morgan fingerprint density at radius 1 is 1.02 bits per heavy atom. The third-order valence-corrected chi connectivity index (χ3v) is 11.2. The zero-order valence-corrected chi connectivity index (χ0v) is 25.3. The highest BCUT2D eigenvalue weighted by atomic mass is 32.2. The highest BCUT2D eigenvalue weighted by Gasteiger charge is 2.49. The summed E-state index contributed by atoms with van der Waals surface area (Å²) in [7, 11) is -3.42. The molecule has 2 unspecified atom stereocenters. The molecule has 4 aliphatic rings. The van der Waals surface area contributed by atoms with Gasteiger partial charge in [-0.3, -0.25) is 9.59 Å². The maximum Gasteiger partial charge on any atom is 0.257 e. The van der Waals surface area contributed by atoms with E-state index in [1.54, 1.807) is 13.8 Å². The van der Waals surface area contributed by atoms with Crippen molar-refractivity contribution in [3.05, 3.63) is 52.8 Å². The smallest absolute Gasteiger partial charge is 0.257 e. The number of nitrogens with one attached hydrogen (secondary N) is 1. The second-order valence-corrected chi connectivity index (χ2v) is 14.5. The number of halogens is 2. The number of carbonyl (C=O) groups excluding carboxylic acids is 2. The van der Waals surface area contributed by atoms with Gasteiger partial charge in [-0.1, -0.05) is 30.3 Å². The number of rotatable bonds is 8. The van der Waals surface area contributed by atoms with Gasteiger partial charge < -0.3 is 15.1 Å². The largest absolute Gasteiger partial charge is 0.349 e. The van der Waals surface area contributed by atoms with Crippen molar-refractivity contribution in [1.29, 1.82) is 0 Å². The molecule has 10 nitrogen and oxygen atoms in total. The number of alkyl halides is 2. The molecular weight excluding hydrogens is 578 g/mol. The van der Waals surface area contributed by atoms with Crippen LogP contribution in [0, 0.1) is 31.6 Å². The molecule has 0 bridgehead atoms. The van der Waals surface area contributed by atoms with Gasteiger partial charge in [-0.2, -0.15) is 0 Å². The Hall–Kier alpha value is -3.19. The van der Waals surface area contributed by atoms with Gasteiger partial charge in [0.1, 0.15) is 0 Å². The van der Waals surface area contributed by atoms with E-state index in [0.29, 0.717) is 61.3 Å². The maximum atomic E-state index is 13.6. The van der Waals surface area contributed by atoms with E-state index in [2.05, 4.69) is 20.2 Å². The van der Waals surface area contributed by atoms with Crippen molar-refractivity contribution in [3.8, 4) is 0 Å². The predicted octanol–water partition coefficient (Wildman–Crippen LogP) is 2.93. The summed E-state index contributed by atoms with van der Waals surface area (Å²) in [5.41, 5.74) is 2.35. The molecule has 3 aliphatic heterocycles. The summed E-state index contributed by atoms with van der Waals surface area (Å²) in [5, 5.41) is 3.02. The Bertz CT molecular complexity index is 1460. The molecule has 0 radical (unpaired) electrons. The number of likely N-dealkylation sites (tertiary alicyclic amines) is 2. The molecule has 43 heavy (non-hydrogen) atoms. The first-order valence-corrected chi connectivity index (χ1v) is 16.6. The van der Waals surface area contributed by atoms with E-state index in [-0.39, 0.29) is 42.4 Å². The summed E-state index contributed by atoms with van der Waals surface area (Å²) in [6.07, 6.45) is 0.415. The Morgan fingerprint density at radius 3 is 2.21 bits per heavy atom. The minimum atomic E-state index is -3.42. The van der Waals surface area contributed by atoms with Gasteiger partial charge in [-0.05, 0) is 44.1 Å². The predicted molar refractivity (Wildman–Crippen MR) is 156 cm³/mol. The van der Waals surface area contributed by atoms with Gasteiger partial charge in [0.05, 0.1) is 28.7 Å². The molecule has 1 aromatic heterocycles. The molecular formula is C30H38F2N6O4S. The van der Waals surface area contributed by atoms with Crippen LogP contribution >= 0.6 is 0 Å². The van der Waals surface area contributed by atoms with Crippen LogP contribution in [-0.2, 0) is 14.8 Å². The SMILES string of the molecule is Cc1nc(N2CCCS2(=O)=O)nc(C)c1C(=O)N1CC2CN(CC[C@H](NC(=O)C3CC(F)(F)C3)c3ccccc3)CC2C1. The number of benzene rings is 1. The van der Waals surface area contributed by atoms with Crippen LogP contribution < -0.4 is 9.62 Å². The molecule has 6 rings (SSSR count). The van der Waals surface area contributed by atoms with Crippen LogP contribution in [0.1, 0.15) is 59.0 Å². The van der Waals surface area contributed by atoms with Crippen molar-refractivity contribution in [3.63, 3.8) is 0 Å². The number of carbonyl (C=O) groups is 2. The molecule has 2 amide bonds. The average molecular weight is 617 g/mol. The summed E-state index contributed by atoms with van der Waals surface area (Å²) < 4.78 is 52.6. The highest BCUT2D eigenvalue weighted by Crippen LogP contribution is 2.42. The van der Waals surface area contributed by atoms with Crippen LogP contribution in [0.25, 0.3) is 0 Å². The van der Waals surface area contributed by atoms with E-state index in [0.717, 1.165) is 25.2 Å². The van der Waals surface area contributed by atoms with Crippen LogP contribution in [-0.4, -0.2) is 90.9 Å². The van der Waals surface area contributed by atoms with E-state index >= 15 is 0 Å². The first-order chi connectivity index (χ1) is 20.4. The monoisotopic (exact) mass is 616 g/mol. The van der Waals surface area contributed by atoms with Gasteiger partial charge >= 0.3 is 0 Å². The van der Waals surface area contributed by atoms with Gasteiger partial charge in [0.2, 0.25) is 27.8 Å². The molecule has 4 fully saturated rings. The van der Waals surface area contributed by atoms with Gasteiger partial charge in [-0.15, -0.1) is 0 Å². The van der Waals surface area contributed by atoms with Crippen LogP contribution in [0.5, 0.6) is 0 Å². The number of sulfonamides is 1. The van der Waals surface area contributed by atoms with Crippen LogP contribution in [0.15, 0.2) is 30.3 Å². The number of fused-ring (bicyclic) bond motifs is 1. The topological polar surface area (TPSA) is 116 Å². The molecule has 1 N–H and O–H groups in total. The van der Waals surface area contributed by atoms with Gasteiger partial charge in [0, 0.05) is 58.0 Å². The van der Waals surface area contributed by atoms with E-state index in [9.17, 15) is 26.8 Å². The fourth-order valence-electron chi connectivity index (χ4n) is 7.04. The molecule has 1 aliphatic carbocycles. The molecule has 13 heteroatoms. The zero-order valence-electron chi connectivity index (χ0n) is 24.5. The molecule has 1 saturated carbocycles. The van der Waals surface area contributed by atoms with Crippen molar-refractivity contribution < 1.29 is 26.8 Å². The fraction of sp³-hybridized carbons (Fsp3) is 0.600. The summed E-state index contributed by atoms with van der Waals surface area (Å²) in [6.45, 7) is 7.45. The molecule has 1 aromatic carbocycles. The average Bonchev–Trinajstić information content (AvgIpc) is 3.62. The number of hydrogen-bond acceptors (Lipinski definition) is 7. The summed E-state index contributed by atoms with van der Waals surface area (Å²) in [4.78, 5) is 39.3. The summed E-state index contributed by atoms with van der Waals surface area (Å²) in [6, 6.07) is 9.37. The first-order valence-electron chi connectivity index (χ1n) is 15.0. The lowest BCUT2D eigenvalue weighted by Crippen LogP contribution is -2.46. The molecule has 0 spiro atoms. The molecule has 3 atom stereocenters. The number of anilines is 1. The number of aryl methyl sites for hydroxylation is 2. The van der Waals surface area contributed by atoms with E-state index in [1.165, 1.54) is 4.31 Å². The Kier molecular flexibility index (Phi) is 7.91. The lowest BCUT2D eigenvalue weighted by Gasteiger charge is -2.35. The standard InChI is InChI=1S/C30H38F2N6O4S/c1-19-26(20(2)34-29(33-19)38-10-6-12-43(38,41)42)28(40)37-17-23-15-36(16-24(23)18-37)11-9-25(21-7-4-3-5-8-21)35-27(39)22-13-30(31,32)14-22/h3-5,7-8,22-25H,6,9-18H2,1-2H3,(H,35,39)/t23?,24?,25-/m0/s1. The quantitative estimate of drug-likeness (QED) is 0.485. The Labute approximate surface area is 250 Å². The van der Waals surface area contributed by atoms with Gasteiger partial charge in [0.25, 0.3) is 5.91 Å². The van der Waals surface area contributed by atoms with E-state index in [1.807, 2.05) is 35.2 Å². The van der Waals surface area contributed by atoms with Crippen molar-refractivity contribution in [1.82, 2.24) is 25.1 Å².